The first-order chi connectivity index (χ1) is 15.2. The molecule has 0 aliphatic carbocycles. The van der Waals surface area contributed by atoms with Gasteiger partial charge in [0.25, 0.3) is 5.91 Å². The molecular weight excluding hydrogens is 412 g/mol. The Hall–Kier alpha value is -2.84. The highest BCUT2D eigenvalue weighted by molar-refractivity contribution is 6.01. The molecule has 0 radical (unpaired) electrons. The number of likely N-dealkylation sites (tertiary alicyclic amines) is 1. The molecule has 0 spiro atoms. The van der Waals surface area contributed by atoms with Gasteiger partial charge in [-0.2, -0.15) is 0 Å². The van der Waals surface area contributed by atoms with Gasteiger partial charge in [-0.1, -0.05) is 24.3 Å². The van der Waals surface area contributed by atoms with E-state index >= 15 is 0 Å². The summed E-state index contributed by atoms with van der Waals surface area (Å²) in [5.41, 5.74) is -0.291. The van der Waals surface area contributed by atoms with Gasteiger partial charge in [0.05, 0.1) is 17.7 Å². The van der Waals surface area contributed by atoms with Gasteiger partial charge in [0.2, 0.25) is 0 Å². The fourth-order valence-electron chi connectivity index (χ4n) is 3.66. The normalized spacial score (nSPS) is 19.3. The third-order valence-corrected chi connectivity index (χ3v) is 5.20. The number of aliphatic hydroxyl groups is 1. The summed E-state index contributed by atoms with van der Waals surface area (Å²) in [4.78, 5) is 27.3. The van der Waals surface area contributed by atoms with E-state index in [1.807, 2.05) is 24.3 Å². The summed E-state index contributed by atoms with van der Waals surface area (Å²) in [6, 6.07) is 10.6. The molecule has 1 heterocycles. The van der Waals surface area contributed by atoms with Crippen LogP contribution in [-0.4, -0.2) is 66.7 Å². The predicted molar refractivity (Wildman–Crippen MR) is 121 cm³/mol. The predicted octanol–water partition coefficient (Wildman–Crippen LogP) is 3.31. The molecule has 2 aromatic carbocycles. The maximum absolute atomic E-state index is 13.2. The summed E-state index contributed by atoms with van der Waals surface area (Å²) in [7, 11) is 1.51. The smallest absolute Gasteiger partial charge is 0.410 e. The maximum Gasteiger partial charge on any atom is 0.410 e. The molecule has 2 N–H and O–H groups in total. The molecule has 8 nitrogen and oxygen atoms in total. The molecule has 2 amide bonds. The minimum Gasteiger partial charge on any atom is -0.467 e. The molecule has 0 bridgehead atoms. The summed E-state index contributed by atoms with van der Waals surface area (Å²) in [6.45, 7) is 6.02. The lowest BCUT2D eigenvalue weighted by molar-refractivity contribution is 0.0222. The summed E-state index contributed by atoms with van der Waals surface area (Å²) in [6.07, 6.45) is -0.157. The molecule has 8 heteroatoms. The van der Waals surface area contributed by atoms with Crippen LogP contribution in [0.3, 0.4) is 0 Å². The van der Waals surface area contributed by atoms with Crippen molar-refractivity contribution in [2.24, 2.45) is 0 Å². The van der Waals surface area contributed by atoms with E-state index in [0.29, 0.717) is 30.7 Å². The van der Waals surface area contributed by atoms with E-state index in [-0.39, 0.29) is 13.3 Å². The van der Waals surface area contributed by atoms with Crippen molar-refractivity contribution in [2.45, 2.75) is 51.4 Å². The number of ether oxygens (including phenoxy) is 3. The van der Waals surface area contributed by atoms with E-state index in [4.69, 9.17) is 14.2 Å². The van der Waals surface area contributed by atoms with Crippen LogP contribution in [0.25, 0.3) is 10.8 Å². The zero-order valence-electron chi connectivity index (χ0n) is 19.1. The first-order valence-electron chi connectivity index (χ1n) is 10.8. The van der Waals surface area contributed by atoms with Crippen molar-refractivity contribution < 1.29 is 28.9 Å². The number of nitrogens with one attached hydrogen (secondary N) is 1. The topological polar surface area (TPSA) is 97.3 Å². The quantitative estimate of drug-likeness (QED) is 0.687. The number of carbonyl (C=O) groups is 2. The Bertz CT molecular complexity index is 955. The Labute approximate surface area is 188 Å². The SMILES string of the molecule is COCOc1cc2ccccc2cc1C(=O)N[C@@H]1CN(C(=O)OC(C)(C)C)CCC[C@H]1O. The first-order valence-corrected chi connectivity index (χ1v) is 10.8. The lowest BCUT2D eigenvalue weighted by Crippen LogP contribution is -2.50. The number of carbonyl (C=O) groups excluding carboxylic acids is 2. The van der Waals surface area contributed by atoms with E-state index in [0.717, 1.165) is 10.8 Å². The molecule has 0 saturated carbocycles. The van der Waals surface area contributed by atoms with Crippen LogP contribution in [0.1, 0.15) is 44.0 Å². The molecule has 1 aliphatic heterocycles. The molecule has 1 fully saturated rings. The third-order valence-electron chi connectivity index (χ3n) is 5.20. The average molecular weight is 445 g/mol. The molecule has 0 aromatic heterocycles. The van der Waals surface area contributed by atoms with Crippen molar-refractivity contribution in [3.8, 4) is 5.75 Å². The van der Waals surface area contributed by atoms with Crippen molar-refractivity contribution >= 4 is 22.8 Å². The number of amides is 2. The van der Waals surface area contributed by atoms with Gasteiger partial charge in [-0.3, -0.25) is 4.79 Å². The molecule has 0 unspecified atom stereocenters. The van der Waals surface area contributed by atoms with E-state index in [9.17, 15) is 14.7 Å². The van der Waals surface area contributed by atoms with Crippen LogP contribution < -0.4 is 10.1 Å². The lowest BCUT2D eigenvalue weighted by Gasteiger charge is -2.29. The highest BCUT2D eigenvalue weighted by atomic mass is 16.7. The highest BCUT2D eigenvalue weighted by Crippen LogP contribution is 2.27. The molecule has 174 valence electrons. The Kier molecular flexibility index (Phi) is 7.58. The first kappa shape index (κ1) is 23.8. The summed E-state index contributed by atoms with van der Waals surface area (Å²) >= 11 is 0. The molecule has 32 heavy (non-hydrogen) atoms. The van der Waals surface area contributed by atoms with Crippen LogP contribution in [0.2, 0.25) is 0 Å². The third kappa shape index (κ3) is 6.11. The largest absolute Gasteiger partial charge is 0.467 e. The zero-order chi connectivity index (χ0) is 23.3. The molecule has 2 aromatic rings. The number of methoxy groups -OCH3 is 1. The number of fused-ring (bicyclic) bond motifs is 1. The Morgan fingerprint density at radius 2 is 1.88 bits per heavy atom. The Balaban J connectivity index is 1.82. The molecular formula is C24H32N2O6. The van der Waals surface area contributed by atoms with Gasteiger partial charge in [0.15, 0.2) is 6.79 Å². The van der Waals surface area contributed by atoms with E-state index in [1.54, 1.807) is 32.9 Å². The second-order valence-electron chi connectivity index (χ2n) is 8.96. The summed E-state index contributed by atoms with van der Waals surface area (Å²) in [5, 5.41) is 15.3. The van der Waals surface area contributed by atoms with Crippen molar-refractivity contribution in [3.63, 3.8) is 0 Å². The van der Waals surface area contributed by atoms with Gasteiger partial charge < -0.3 is 29.5 Å². The molecule has 1 saturated heterocycles. The van der Waals surface area contributed by atoms with E-state index in [1.165, 1.54) is 12.0 Å². The molecule has 2 atom stereocenters. The number of hydrogen-bond acceptors (Lipinski definition) is 6. The molecule has 1 aliphatic rings. The Morgan fingerprint density at radius 3 is 2.53 bits per heavy atom. The van der Waals surface area contributed by atoms with Crippen LogP contribution in [0.4, 0.5) is 4.79 Å². The Morgan fingerprint density at radius 1 is 1.19 bits per heavy atom. The van der Waals surface area contributed by atoms with Crippen molar-refractivity contribution in [1.82, 2.24) is 10.2 Å². The monoisotopic (exact) mass is 444 g/mol. The zero-order valence-corrected chi connectivity index (χ0v) is 19.1. The minimum absolute atomic E-state index is 0.00288. The van der Waals surface area contributed by atoms with Gasteiger partial charge in [0.1, 0.15) is 11.4 Å². The summed E-state index contributed by atoms with van der Waals surface area (Å²) in [5.74, 6) is -0.00731. The fraction of sp³-hybridized carbons (Fsp3) is 0.500. The van der Waals surface area contributed by atoms with Gasteiger partial charge in [-0.05, 0) is 56.5 Å². The van der Waals surface area contributed by atoms with Crippen LogP contribution in [0.5, 0.6) is 5.75 Å². The average Bonchev–Trinajstić information content (AvgIpc) is 2.92. The lowest BCUT2D eigenvalue weighted by atomic mass is 10.0. The van der Waals surface area contributed by atoms with Gasteiger partial charge in [0, 0.05) is 20.2 Å². The number of hydrogen-bond donors (Lipinski definition) is 2. The second kappa shape index (κ2) is 10.2. The van der Waals surface area contributed by atoms with Crippen LogP contribution >= 0.6 is 0 Å². The van der Waals surface area contributed by atoms with E-state index < -0.39 is 29.7 Å². The van der Waals surface area contributed by atoms with Gasteiger partial charge >= 0.3 is 6.09 Å². The maximum atomic E-state index is 13.2. The van der Waals surface area contributed by atoms with E-state index in [2.05, 4.69) is 5.32 Å². The van der Waals surface area contributed by atoms with Crippen LogP contribution in [-0.2, 0) is 9.47 Å². The number of nitrogens with zero attached hydrogens (tertiary/aromatic N) is 1. The van der Waals surface area contributed by atoms with Gasteiger partial charge in [-0.15, -0.1) is 0 Å². The minimum atomic E-state index is -0.782. The summed E-state index contributed by atoms with van der Waals surface area (Å²) < 4.78 is 16.1. The van der Waals surface area contributed by atoms with Crippen molar-refractivity contribution in [3.05, 3.63) is 42.0 Å². The van der Waals surface area contributed by atoms with Crippen molar-refractivity contribution in [1.29, 1.82) is 0 Å². The number of benzene rings is 2. The highest BCUT2D eigenvalue weighted by Gasteiger charge is 2.32. The number of aliphatic hydroxyl groups excluding tert-OH is 1. The standard InChI is InChI=1S/C24H32N2O6/c1-24(2,3)32-23(29)26-11-7-10-20(27)19(14-26)25-22(28)18-12-16-8-5-6-9-17(16)13-21(18)31-15-30-4/h5-6,8-9,12-13,19-20,27H,7,10-11,14-15H2,1-4H3,(H,25,28)/t19-,20-/m1/s1. The fourth-order valence-corrected chi connectivity index (χ4v) is 3.66. The van der Waals surface area contributed by atoms with Crippen LogP contribution in [0, 0.1) is 0 Å². The van der Waals surface area contributed by atoms with Gasteiger partial charge in [-0.25, -0.2) is 4.79 Å². The molecule has 3 rings (SSSR count). The van der Waals surface area contributed by atoms with Crippen LogP contribution in [0.15, 0.2) is 36.4 Å². The number of rotatable bonds is 5. The second-order valence-corrected chi connectivity index (χ2v) is 8.96. The van der Waals surface area contributed by atoms with Crippen molar-refractivity contribution in [2.75, 3.05) is 27.0 Å².